The summed E-state index contributed by atoms with van der Waals surface area (Å²) in [4.78, 5) is 17.3. The second kappa shape index (κ2) is 5.22. The third-order valence-corrected chi connectivity index (χ3v) is 4.95. The smallest absolute Gasteiger partial charge is 0.240 e. The van der Waals surface area contributed by atoms with Crippen LogP contribution < -0.4 is 9.62 Å². The molecular weight excluding hydrogens is 306 g/mol. The summed E-state index contributed by atoms with van der Waals surface area (Å²) in [6.07, 6.45) is 1.63. The molecule has 1 aromatic carbocycles. The lowest BCUT2D eigenvalue weighted by Crippen LogP contribution is -2.23. The number of oxazole rings is 1. The van der Waals surface area contributed by atoms with Crippen molar-refractivity contribution in [2.45, 2.75) is 24.8 Å². The Hall–Kier alpha value is -2.19. The number of aryl methyl sites for hydroxylation is 1. The van der Waals surface area contributed by atoms with Gasteiger partial charge in [0.25, 0.3) is 0 Å². The molecule has 1 aromatic heterocycles. The van der Waals surface area contributed by atoms with Crippen molar-refractivity contribution in [2.24, 2.45) is 0 Å². The van der Waals surface area contributed by atoms with E-state index < -0.39 is 10.0 Å². The molecule has 1 aliphatic heterocycles. The second-order valence-electron chi connectivity index (χ2n) is 5.10. The van der Waals surface area contributed by atoms with Gasteiger partial charge in [0.15, 0.2) is 5.89 Å². The summed E-state index contributed by atoms with van der Waals surface area (Å²) < 4.78 is 32.1. The molecule has 0 atom stereocenters. The van der Waals surface area contributed by atoms with Crippen LogP contribution in [0.5, 0.6) is 0 Å². The molecule has 1 aliphatic rings. The minimum Gasteiger partial charge on any atom is -0.449 e. The Morgan fingerprint density at radius 3 is 2.86 bits per heavy atom. The standard InChI is InChI=1S/C14H15N3O4S/c1-9-16-11(8-21-9)7-15-22(19,20)12-3-4-13-10(5-12)6-14(18)17(13)2/h3-5,8,15H,6-7H2,1-2H3. The van der Waals surface area contributed by atoms with Crippen LogP contribution in [0.15, 0.2) is 33.8 Å². The molecule has 1 amide bonds. The Morgan fingerprint density at radius 2 is 2.18 bits per heavy atom. The molecule has 22 heavy (non-hydrogen) atoms. The number of sulfonamides is 1. The molecular formula is C14H15N3O4S. The number of nitrogens with zero attached hydrogens (tertiary/aromatic N) is 2. The molecule has 8 heteroatoms. The lowest BCUT2D eigenvalue weighted by atomic mass is 10.2. The number of likely N-dealkylation sites (N-methyl/N-ethyl adjacent to an activating group) is 1. The van der Waals surface area contributed by atoms with E-state index in [1.165, 1.54) is 23.3 Å². The van der Waals surface area contributed by atoms with Gasteiger partial charge in [-0.25, -0.2) is 18.1 Å². The Labute approximate surface area is 128 Å². The quantitative estimate of drug-likeness (QED) is 0.906. The highest BCUT2D eigenvalue weighted by molar-refractivity contribution is 7.89. The third kappa shape index (κ3) is 2.62. The summed E-state index contributed by atoms with van der Waals surface area (Å²) >= 11 is 0. The highest BCUT2D eigenvalue weighted by atomic mass is 32.2. The normalized spacial score (nSPS) is 14.5. The van der Waals surface area contributed by atoms with Crippen molar-refractivity contribution in [3.8, 4) is 0 Å². The fraction of sp³-hybridized carbons (Fsp3) is 0.286. The van der Waals surface area contributed by atoms with Gasteiger partial charge in [0, 0.05) is 19.7 Å². The van der Waals surface area contributed by atoms with Gasteiger partial charge in [-0.05, 0) is 23.8 Å². The molecule has 0 radical (unpaired) electrons. The maximum Gasteiger partial charge on any atom is 0.240 e. The van der Waals surface area contributed by atoms with Crippen LogP contribution in [0.3, 0.4) is 0 Å². The fourth-order valence-electron chi connectivity index (χ4n) is 2.36. The summed E-state index contributed by atoms with van der Waals surface area (Å²) in [5.74, 6) is 0.434. The van der Waals surface area contributed by atoms with Gasteiger partial charge in [-0.2, -0.15) is 0 Å². The summed E-state index contributed by atoms with van der Waals surface area (Å²) in [6, 6.07) is 4.67. The molecule has 116 valence electrons. The number of aromatic nitrogens is 1. The highest BCUT2D eigenvalue weighted by Crippen LogP contribution is 2.29. The first kappa shape index (κ1) is 14.7. The maximum atomic E-state index is 12.3. The topological polar surface area (TPSA) is 92.5 Å². The number of carbonyl (C=O) groups excluding carboxylic acids is 1. The maximum absolute atomic E-state index is 12.3. The molecule has 0 bridgehead atoms. The van der Waals surface area contributed by atoms with Gasteiger partial charge >= 0.3 is 0 Å². The predicted octanol–water partition coefficient (Wildman–Crippen LogP) is 0.980. The number of hydrogen-bond donors (Lipinski definition) is 1. The molecule has 2 heterocycles. The van der Waals surface area contributed by atoms with Gasteiger partial charge in [-0.15, -0.1) is 0 Å². The van der Waals surface area contributed by atoms with Crippen LogP contribution >= 0.6 is 0 Å². The number of rotatable bonds is 4. The van der Waals surface area contributed by atoms with Gasteiger partial charge < -0.3 is 9.32 Å². The molecule has 3 rings (SSSR count). The zero-order valence-corrected chi connectivity index (χ0v) is 13.0. The SMILES string of the molecule is Cc1nc(CNS(=O)(=O)c2ccc3c(c2)CC(=O)N3C)co1. The van der Waals surface area contributed by atoms with Crippen LogP contribution in [-0.4, -0.2) is 26.4 Å². The van der Waals surface area contributed by atoms with E-state index in [2.05, 4.69) is 9.71 Å². The molecule has 0 fully saturated rings. The molecule has 0 unspecified atom stereocenters. The molecule has 0 spiro atoms. The van der Waals surface area contributed by atoms with Crippen LogP contribution in [0.25, 0.3) is 0 Å². The zero-order valence-electron chi connectivity index (χ0n) is 12.2. The van der Waals surface area contributed by atoms with Crippen LogP contribution in [0.1, 0.15) is 17.1 Å². The van der Waals surface area contributed by atoms with E-state index in [-0.39, 0.29) is 23.8 Å². The monoisotopic (exact) mass is 321 g/mol. The Bertz CT molecular complexity index is 842. The first-order chi connectivity index (χ1) is 10.4. The predicted molar refractivity (Wildman–Crippen MR) is 78.8 cm³/mol. The minimum absolute atomic E-state index is 0.0458. The number of amides is 1. The number of fused-ring (bicyclic) bond motifs is 1. The van der Waals surface area contributed by atoms with E-state index in [4.69, 9.17) is 4.42 Å². The lowest BCUT2D eigenvalue weighted by molar-refractivity contribution is -0.117. The zero-order chi connectivity index (χ0) is 15.9. The van der Waals surface area contributed by atoms with E-state index in [1.807, 2.05) is 0 Å². The van der Waals surface area contributed by atoms with Gasteiger partial charge in [-0.1, -0.05) is 0 Å². The highest BCUT2D eigenvalue weighted by Gasteiger charge is 2.26. The molecule has 7 nitrogen and oxygen atoms in total. The van der Waals surface area contributed by atoms with Crippen LogP contribution in [0.4, 0.5) is 5.69 Å². The summed E-state index contributed by atoms with van der Waals surface area (Å²) in [5.41, 5.74) is 1.97. The van der Waals surface area contributed by atoms with Crippen LogP contribution in [0, 0.1) is 6.92 Å². The molecule has 0 saturated heterocycles. The van der Waals surface area contributed by atoms with Crippen molar-refractivity contribution in [1.82, 2.24) is 9.71 Å². The van der Waals surface area contributed by atoms with Crippen LogP contribution in [0.2, 0.25) is 0 Å². The average molecular weight is 321 g/mol. The molecule has 0 aliphatic carbocycles. The van der Waals surface area contributed by atoms with Crippen molar-refractivity contribution < 1.29 is 17.6 Å². The fourth-order valence-corrected chi connectivity index (χ4v) is 3.40. The van der Waals surface area contributed by atoms with E-state index in [0.29, 0.717) is 17.1 Å². The molecule has 1 N–H and O–H groups in total. The summed E-state index contributed by atoms with van der Waals surface area (Å²) in [7, 11) is -1.99. The first-order valence-corrected chi connectivity index (χ1v) is 8.15. The van der Waals surface area contributed by atoms with Gasteiger partial charge in [-0.3, -0.25) is 4.79 Å². The van der Waals surface area contributed by atoms with E-state index in [1.54, 1.807) is 20.0 Å². The Kier molecular flexibility index (Phi) is 3.50. The Morgan fingerprint density at radius 1 is 1.41 bits per heavy atom. The van der Waals surface area contributed by atoms with Crippen molar-refractivity contribution in [3.05, 3.63) is 41.6 Å². The number of benzene rings is 1. The number of carbonyl (C=O) groups is 1. The van der Waals surface area contributed by atoms with Crippen molar-refractivity contribution in [3.63, 3.8) is 0 Å². The van der Waals surface area contributed by atoms with E-state index in [9.17, 15) is 13.2 Å². The van der Waals surface area contributed by atoms with Crippen molar-refractivity contribution in [1.29, 1.82) is 0 Å². The first-order valence-electron chi connectivity index (χ1n) is 6.67. The van der Waals surface area contributed by atoms with E-state index in [0.717, 1.165) is 5.69 Å². The van der Waals surface area contributed by atoms with Crippen LogP contribution in [-0.2, 0) is 27.8 Å². The van der Waals surface area contributed by atoms with Gasteiger partial charge in [0.2, 0.25) is 15.9 Å². The Balaban J connectivity index is 1.81. The van der Waals surface area contributed by atoms with Gasteiger partial charge in [0.05, 0.1) is 23.6 Å². The summed E-state index contributed by atoms with van der Waals surface area (Å²) in [5, 5.41) is 0. The van der Waals surface area contributed by atoms with Gasteiger partial charge in [0.1, 0.15) is 6.26 Å². The lowest BCUT2D eigenvalue weighted by Gasteiger charge is -2.11. The molecule has 2 aromatic rings. The number of hydrogen-bond acceptors (Lipinski definition) is 5. The largest absolute Gasteiger partial charge is 0.449 e. The summed E-state index contributed by atoms with van der Waals surface area (Å²) in [6.45, 7) is 1.74. The van der Waals surface area contributed by atoms with Crippen molar-refractivity contribution >= 4 is 21.6 Å². The van der Waals surface area contributed by atoms with Crippen molar-refractivity contribution in [2.75, 3.05) is 11.9 Å². The second-order valence-corrected chi connectivity index (χ2v) is 6.87. The van der Waals surface area contributed by atoms with E-state index >= 15 is 0 Å². The third-order valence-electron chi connectivity index (χ3n) is 3.55. The average Bonchev–Trinajstić information content (AvgIpc) is 3.01. The number of anilines is 1. The minimum atomic E-state index is -3.67. The molecule has 0 saturated carbocycles. The number of nitrogens with one attached hydrogen (secondary N) is 1.